The Bertz CT molecular complexity index is 702. The molecule has 1 aromatic rings. The first-order valence-corrected chi connectivity index (χ1v) is 7.19. The van der Waals surface area contributed by atoms with E-state index in [1.165, 1.54) is 10.8 Å². The predicted molar refractivity (Wildman–Crippen MR) is 70.6 cm³/mol. The molecule has 0 saturated carbocycles. The summed E-state index contributed by atoms with van der Waals surface area (Å²) in [5.41, 5.74) is 0.519. The number of hydrogen-bond acceptors (Lipinski definition) is 4. The van der Waals surface area contributed by atoms with Gasteiger partial charge in [-0.15, -0.1) is 16.9 Å². The molecule has 0 unspecified atom stereocenters. The second-order valence-electron chi connectivity index (χ2n) is 3.75. The molecule has 6 heteroatoms. The molecule has 0 aliphatic heterocycles. The summed E-state index contributed by atoms with van der Waals surface area (Å²) in [6.45, 7) is 0. The van der Waals surface area contributed by atoms with Gasteiger partial charge in [0.15, 0.2) is 28.3 Å². The topological polar surface area (TPSA) is 85.7 Å². The Morgan fingerprint density at radius 3 is 2.84 bits per heavy atom. The van der Waals surface area contributed by atoms with Gasteiger partial charge in [-0.1, -0.05) is 0 Å². The molecule has 0 aliphatic carbocycles. The van der Waals surface area contributed by atoms with Gasteiger partial charge in [0.2, 0.25) is 0 Å². The van der Waals surface area contributed by atoms with Crippen molar-refractivity contribution in [1.82, 2.24) is 0 Å². The first-order chi connectivity index (χ1) is 9.02. The Morgan fingerprint density at radius 1 is 1.53 bits per heavy atom. The average molecular weight is 274 g/mol. The quantitative estimate of drug-likeness (QED) is 0.368. The van der Waals surface area contributed by atoms with E-state index >= 15 is 0 Å². The van der Waals surface area contributed by atoms with Crippen LogP contribution in [0.1, 0.15) is 12.0 Å². The summed E-state index contributed by atoms with van der Waals surface area (Å²) >= 11 is 0. The van der Waals surface area contributed by atoms with Gasteiger partial charge in [-0.2, -0.15) is 5.26 Å². The zero-order chi connectivity index (χ0) is 14.3. The van der Waals surface area contributed by atoms with Gasteiger partial charge in [0, 0.05) is 18.1 Å². The Balaban J connectivity index is 3.00. The van der Waals surface area contributed by atoms with E-state index in [0.717, 1.165) is 0 Å². The van der Waals surface area contributed by atoms with E-state index in [4.69, 9.17) is 17.1 Å². The molecule has 0 saturated heterocycles. The summed E-state index contributed by atoms with van der Waals surface area (Å²) < 4.78 is 24.9. The minimum Gasteiger partial charge on any atom is -0.252 e. The van der Waals surface area contributed by atoms with Crippen molar-refractivity contribution in [3.05, 3.63) is 30.1 Å². The number of pyridine rings is 1. The van der Waals surface area contributed by atoms with Crippen LogP contribution < -0.4 is 4.57 Å². The SMILES string of the molecule is C#CCCS(=O)(=O)Cc1ccc[n+](C(=C=N)C#N)c1. The van der Waals surface area contributed by atoms with E-state index in [9.17, 15) is 8.42 Å². The maximum Gasteiger partial charge on any atom is 0.351 e. The number of sulfone groups is 1. The molecule has 19 heavy (non-hydrogen) atoms. The van der Waals surface area contributed by atoms with Crippen molar-refractivity contribution in [3.63, 3.8) is 0 Å². The van der Waals surface area contributed by atoms with Crippen molar-refractivity contribution >= 4 is 21.4 Å². The van der Waals surface area contributed by atoms with Gasteiger partial charge in [-0.3, -0.25) is 5.41 Å². The summed E-state index contributed by atoms with van der Waals surface area (Å²) in [5, 5.41) is 15.8. The predicted octanol–water partition coefficient (Wildman–Crippen LogP) is 0.525. The molecule has 0 amide bonds. The zero-order valence-electron chi connectivity index (χ0n) is 10.1. The Hall–Kier alpha value is -2.40. The highest BCUT2D eigenvalue weighted by Gasteiger charge is 2.15. The molecule has 0 aromatic carbocycles. The number of nitrogens with one attached hydrogen (secondary N) is 1. The monoisotopic (exact) mass is 274 g/mol. The van der Waals surface area contributed by atoms with Crippen LogP contribution in [0.5, 0.6) is 0 Å². The molecule has 0 atom stereocenters. The fourth-order valence-electron chi connectivity index (χ4n) is 1.44. The van der Waals surface area contributed by atoms with Crippen molar-refractivity contribution in [3.8, 4) is 18.4 Å². The van der Waals surface area contributed by atoms with E-state index in [-0.39, 0.29) is 23.6 Å². The largest absolute Gasteiger partial charge is 0.351 e. The van der Waals surface area contributed by atoms with Crippen molar-refractivity contribution < 1.29 is 13.0 Å². The normalized spacial score (nSPS) is 10.0. The number of hydrogen-bond donors (Lipinski definition) is 1. The summed E-state index contributed by atoms with van der Waals surface area (Å²) in [5.74, 6) is 4.06. The second-order valence-corrected chi connectivity index (χ2v) is 5.94. The first kappa shape index (κ1) is 14.7. The Morgan fingerprint density at radius 2 is 2.26 bits per heavy atom. The summed E-state index contributed by atoms with van der Waals surface area (Å²) in [7, 11) is -3.27. The number of terminal acetylenes is 1. The molecule has 0 radical (unpaired) electrons. The van der Waals surface area contributed by atoms with Crippen LogP contribution in [0.4, 0.5) is 0 Å². The molecule has 1 heterocycles. The Labute approximate surface area is 112 Å². The third kappa shape index (κ3) is 4.40. The molecule has 1 rings (SSSR count). The maximum absolute atomic E-state index is 11.7. The van der Waals surface area contributed by atoms with Crippen molar-refractivity contribution in [2.24, 2.45) is 0 Å². The molecule has 0 spiro atoms. The van der Waals surface area contributed by atoms with Crippen LogP contribution in [0.2, 0.25) is 0 Å². The van der Waals surface area contributed by atoms with Crippen LogP contribution in [0.15, 0.2) is 24.5 Å². The lowest BCUT2D eigenvalue weighted by Crippen LogP contribution is -2.32. The van der Waals surface area contributed by atoms with Crippen molar-refractivity contribution in [2.75, 3.05) is 5.75 Å². The third-order valence-corrected chi connectivity index (χ3v) is 3.89. The number of aromatic nitrogens is 1. The van der Waals surface area contributed by atoms with Crippen LogP contribution in [0.3, 0.4) is 0 Å². The highest BCUT2D eigenvalue weighted by atomic mass is 32.2. The summed E-state index contributed by atoms with van der Waals surface area (Å²) in [6, 6.07) is 5.05. The average Bonchev–Trinajstić information content (AvgIpc) is 2.38. The van der Waals surface area contributed by atoms with Crippen molar-refractivity contribution in [1.29, 1.82) is 10.7 Å². The molecular formula is C13H12N3O2S+. The van der Waals surface area contributed by atoms with Crippen LogP contribution >= 0.6 is 0 Å². The molecule has 0 bridgehead atoms. The van der Waals surface area contributed by atoms with Gasteiger partial charge < -0.3 is 0 Å². The zero-order valence-corrected chi connectivity index (χ0v) is 10.9. The minimum absolute atomic E-state index is 0.0112. The highest BCUT2D eigenvalue weighted by Crippen LogP contribution is 2.05. The lowest BCUT2D eigenvalue weighted by molar-refractivity contribution is -0.576. The van der Waals surface area contributed by atoms with Crippen molar-refractivity contribution in [2.45, 2.75) is 12.2 Å². The van der Waals surface area contributed by atoms with Crippen LogP contribution in [-0.4, -0.2) is 20.0 Å². The first-order valence-electron chi connectivity index (χ1n) is 5.36. The highest BCUT2D eigenvalue weighted by molar-refractivity contribution is 7.90. The third-order valence-electron chi connectivity index (χ3n) is 2.29. The van der Waals surface area contributed by atoms with Gasteiger partial charge in [-0.25, -0.2) is 8.42 Å². The number of nitriles is 1. The van der Waals surface area contributed by atoms with Crippen LogP contribution in [-0.2, 0) is 15.6 Å². The standard InChI is InChI=1S/C13H12N3O2S/c1-2-3-7-19(17,18)11-12-5-4-6-16(10-12)13(8-14)9-15/h1,4-6,10,14H,3,7,11H2/q+1. The van der Waals surface area contributed by atoms with Gasteiger partial charge >= 0.3 is 5.70 Å². The van der Waals surface area contributed by atoms with E-state index in [0.29, 0.717) is 5.56 Å². The number of rotatable bonds is 5. The summed E-state index contributed by atoms with van der Waals surface area (Å²) in [4.78, 5) is 0. The molecule has 5 nitrogen and oxygen atoms in total. The minimum atomic E-state index is -3.27. The van der Waals surface area contributed by atoms with E-state index in [1.54, 1.807) is 24.4 Å². The van der Waals surface area contributed by atoms with E-state index in [2.05, 4.69) is 5.92 Å². The smallest absolute Gasteiger partial charge is 0.252 e. The van der Waals surface area contributed by atoms with E-state index in [1.807, 2.05) is 5.87 Å². The van der Waals surface area contributed by atoms with E-state index < -0.39 is 9.84 Å². The Kier molecular flexibility index (Phi) is 5.02. The van der Waals surface area contributed by atoms with Gasteiger partial charge in [-0.05, 0) is 6.07 Å². The lowest BCUT2D eigenvalue weighted by Gasteiger charge is -2.01. The molecular weight excluding hydrogens is 262 g/mol. The lowest BCUT2D eigenvalue weighted by atomic mass is 10.3. The van der Waals surface area contributed by atoms with Gasteiger partial charge in [0.05, 0.1) is 17.4 Å². The number of nitrogens with zero attached hydrogens (tertiary/aromatic N) is 2. The molecule has 96 valence electrons. The summed E-state index contributed by atoms with van der Waals surface area (Å²) in [6.07, 6.45) is 8.27. The molecule has 1 N–H and O–H groups in total. The molecule has 1 aromatic heterocycles. The van der Waals surface area contributed by atoms with Crippen LogP contribution in [0.25, 0.3) is 5.70 Å². The fraction of sp³-hybridized carbons (Fsp3) is 0.231. The number of allylic oxidation sites excluding steroid dienone is 1. The van der Waals surface area contributed by atoms with Gasteiger partial charge in [0.25, 0.3) is 0 Å². The van der Waals surface area contributed by atoms with Gasteiger partial charge in [0.1, 0.15) is 0 Å². The van der Waals surface area contributed by atoms with Crippen LogP contribution in [0, 0.1) is 29.1 Å². The molecule has 0 aliphatic rings. The second kappa shape index (κ2) is 6.51. The molecule has 0 fully saturated rings. The maximum atomic E-state index is 11.7. The fourth-order valence-corrected chi connectivity index (χ4v) is 2.69.